The first-order valence-corrected chi connectivity index (χ1v) is 9.39. The molecule has 1 aliphatic carbocycles. The summed E-state index contributed by atoms with van der Waals surface area (Å²) in [6.45, 7) is 2.90. The number of ether oxygens (including phenoxy) is 1. The lowest BCUT2D eigenvalue weighted by molar-refractivity contribution is 0.116. The molecule has 0 aromatic heterocycles. The van der Waals surface area contributed by atoms with Crippen LogP contribution in [0.2, 0.25) is 10.0 Å². The number of benzene rings is 1. The summed E-state index contributed by atoms with van der Waals surface area (Å²) in [4.78, 5) is 21.6. The van der Waals surface area contributed by atoms with E-state index in [0.29, 0.717) is 10.0 Å². The van der Waals surface area contributed by atoms with E-state index < -0.39 is 7.82 Å². The molecule has 1 heterocycles. The van der Waals surface area contributed by atoms with Gasteiger partial charge in [-0.1, -0.05) is 29.3 Å². The molecule has 9 heteroatoms. The number of piperidine rings is 1. The summed E-state index contributed by atoms with van der Waals surface area (Å²) in [5, 5.41) is 4.76. The van der Waals surface area contributed by atoms with Crippen LogP contribution in [-0.2, 0) is 14.7 Å². The molecule has 1 aromatic carbocycles. The zero-order valence-electron chi connectivity index (χ0n) is 12.6. The molecule has 2 atom stereocenters. The smallest absolute Gasteiger partial charge is 0.384 e. The molecule has 23 heavy (non-hydrogen) atoms. The van der Waals surface area contributed by atoms with Crippen molar-refractivity contribution in [3.8, 4) is 0 Å². The van der Waals surface area contributed by atoms with Gasteiger partial charge < -0.3 is 24.7 Å². The van der Waals surface area contributed by atoms with E-state index in [1.165, 1.54) is 12.0 Å². The van der Waals surface area contributed by atoms with Gasteiger partial charge in [0.15, 0.2) is 0 Å². The van der Waals surface area contributed by atoms with Gasteiger partial charge in [0.2, 0.25) is 0 Å². The van der Waals surface area contributed by atoms with E-state index in [1.54, 1.807) is 7.11 Å². The third-order valence-corrected chi connectivity index (χ3v) is 5.35. The van der Waals surface area contributed by atoms with Crippen LogP contribution in [0.5, 0.6) is 0 Å². The lowest BCUT2D eigenvalue weighted by atomic mass is 9.81. The first-order valence-electron chi connectivity index (χ1n) is 7.07. The maximum atomic E-state index is 8.88. The van der Waals surface area contributed by atoms with Crippen molar-refractivity contribution >= 4 is 31.0 Å². The lowest BCUT2D eigenvalue weighted by Crippen LogP contribution is -2.40. The van der Waals surface area contributed by atoms with E-state index in [2.05, 4.69) is 11.4 Å². The number of phosphoric acid groups is 1. The molecule has 0 bridgehead atoms. The maximum Gasteiger partial charge on any atom is 0.466 e. The largest absolute Gasteiger partial charge is 0.466 e. The van der Waals surface area contributed by atoms with E-state index in [4.69, 9.17) is 47.2 Å². The fourth-order valence-corrected chi connectivity index (χ4v) is 3.91. The molecule has 4 N–H and O–H groups in total. The third-order valence-electron chi connectivity index (χ3n) is 4.62. The Morgan fingerprint density at radius 1 is 1.30 bits per heavy atom. The van der Waals surface area contributed by atoms with E-state index in [-0.39, 0.29) is 10.8 Å². The molecule has 1 saturated carbocycles. The van der Waals surface area contributed by atoms with Crippen LogP contribution in [0.25, 0.3) is 0 Å². The Hall–Kier alpha value is -0.170. The minimum absolute atomic E-state index is 0.239. The SMILES string of the molecule is COC[C@]12CNCC[C@@]1(c1ccc(Cl)c(Cl)c1)C2.O=P(O)(O)O. The van der Waals surface area contributed by atoms with Crippen LogP contribution in [0.3, 0.4) is 0 Å². The van der Waals surface area contributed by atoms with Gasteiger partial charge in [-0.05, 0) is 37.1 Å². The van der Waals surface area contributed by atoms with Crippen LogP contribution in [0.4, 0.5) is 0 Å². The summed E-state index contributed by atoms with van der Waals surface area (Å²) < 4.78 is 14.3. The minimum atomic E-state index is -4.64. The second-order valence-electron chi connectivity index (χ2n) is 6.04. The molecule has 1 saturated heterocycles. The molecule has 2 fully saturated rings. The van der Waals surface area contributed by atoms with Crippen molar-refractivity contribution in [2.45, 2.75) is 18.3 Å². The number of hydrogen-bond acceptors (Lipinski definition) is 3. The summed E-state index contributed by atoms with van der Waals surface area (Å²) in [5.41, 5.74) is 1.80. The van der Waals surface area contributed by atoms with Crippen LogP contribution in [0.1, 0.15) is 18.4 Å². The highest BCUT2D eigenvalue weighted by Gasteiger charge is 2.68. The summed E-state index contributed by atoms with van der Waals surface area (Å²) in [7, 11) is -2.86. The molecule has 1 aromatic rings. The van der Waals surface area contributed by atoms with Gasteiger partial charge >= 0.3 is 7.82 Å². The van der Waals surface area contributed by atoms with Crippen molar-refractivity contribution in [1.29, 1.82) is 0 Å². The molecule has 1 aliphatic heterocycles. The minimum Gasteiger partial charge on any atom is -0.384 e. The number of hydrogen-bond donors (Lipinski definition) is 4. The highest BCUT2D eigenvalue weighted by Crippen LogP contribution is 2.67. The highest BCUT2D eigenvalue weighted by molar-refractivity contribution is 7.45. The number of rotatable bonds is 3. The molecule has 0 spiro atoms. The average Bonchev–Trinajstić information content (AvgIpc) is 3.10. The van der Waals surface area contributed by atoms with Gasteiger partial charge in [0.05, 0.1) is 16.7 Å². The third kappa shape index (κ3) is 4.27. The normalized spacial score (nSPS) is 29.3. The van der Waals surface area contributed by atoms with Crippen LogP contribution in [0, 0.1) is 5.41 Å². The number of methoxy groups -OCH3 is 1. The molecule has 0 amide bonds. The first kappa shape index (κ1) is 19.2. The Balaban J connectivity index is 0.000000338. The predicted molar refractivity (Wildman–Crippen MR) is 88.8 cm³/mol. The van der Waals surface area contributed by atoms with Crippen LogP contribution >= 0.6 is 31.0 Å². The topological polar surface area (TPSA) is 99.0 Å². The zero-order valence-corrected chi connectivity index (χ0v) is 15.0. The molecule has 0 unspecified atom stereocenters. The van der Waals surface area contributed by atoms with E-state index >= 15 is 0 Å². The summed E-state index contributed by atoms with van der Waals surface area (Å²) in [5.74, 6) is 0. The Morgan fingerprint density at radius 3 is 2.52 bits per heavy atom. The van der Waals surface area contributed by atoms with Crippen molar-refractivity contribution in [1.82, 2.24) is 5.32 Å². The second kappa shape index (κ2) is 6.98. The summed E-state index contributed by atoms with van der Waals surface area (Å²) in [6.07, 6.45) is 2.33. The van der Waals surface area contributed by atoms with Gasteiger partial charge in [-0.15, -0.1) is 0 Å². The Morgan fingerprint density at radius 2 is 1.96 bits per heavy atom. The van der Waals surface area contributed by atoms with Crippen molar-refractivity contribution in [3.05, 3.63) is 33.8 Å². The summed E-state index contributed by atoms with van der Waals surface area (Å²) >= 11 is 12.2. The zero-order chi connectivity index (χ0) is 17.3. The van der Waals surface area contributed by atoms with Crippen LogP contribution in [0.15, 0.2) is 18.2 Å². The fraction of sp³-hybridized carbons (Fsp3) is 0.571. The van der Waals surface area contributed by atoms with Gasteiger partial charge in [-0.3, -0.25) is 0 Å². The van der Waals surface area contributed by atoms with Gasteiger partial charge in [-0.2, -0.15) is 0 Å². The molecule has 0 radical (unpaired) electrons. The van der Waals surface area contributed by atoms with Gasteiger partial charge in [0.25, 0.3) is 0 Å². The fourth-order valence-electron chi connectivity index (χ4n) is 3.61. The average molecular weight is 384 g/mol. The van der Waals surface area contributed by atoms with Crippen LogP contribution < -0.4 is 5.32 Å². The predicted octanol–water partition coefficient (Wildman–Crippen LogP) is 2.33. The molecule has 130 valence electrons. The van der Waals surface area contributed by atoms with E-state index in [0.717, 1.165) is 26.1 Å². The number of fused-ring (bicyclic) bond motifs is 1. The quantitative estimate of drug-likeness (QED) is 0.598. The Kier molecular flexibility index (Phi) is 5.82. The maximum absolute atomic E-state index is 8.88. The Labute approximate surface area is 145 Å². The van der Waals surface area contributed by atoms with E-state index in [9.17, 15) is 0 Å². The molecular formula is C14H20Cl2NO5P. The van der Waals surface area contributed by atoms with Crippen molar-refractivity contribution < 1.29 is 24.0 Å². The van der Waals surface area contributed by atoms with Gasteiger partial charge in [-0.25, -0.2) is 4.57 Å². The van der Waals surface area contributed by atoms with Crippen molar-refractivity contribution in [2.24, 2.45) is 5.41 Å². The second-order valence-corrected chi connectivity index (χ2v) is 7.88. The van der Waals surface area contributed by atoms with Gasteiger partial charge in [0.1, 0.15) is 0 Å². The van der Waals surface area contributed by atoms with Crippen molar-refractivity contribution in [3.63, 3.8) is 0 Å². The molecule has 3 rings (SSSR count). The molecule has 6 nitrogen and oxygen atoms in total. The first-order chi connectivity index (χ1) is 10.6. The summed E-state index contributed by atoms with van der Waals surface area (Å²) in [6, 6.07) is 6.06. The highest BCUT2D eigenvalue weighted by atomic mass is 35.5. The molecular weight excluding hydrogens is 364 g/mol. The van der Waals surface area contributed by atoms with E-state index in [1.807, 2.05) is 12.1 Å². The standard InChI is InChI=1S/C14H17Cl2NO.H3O4P/c1-18-9-13-7-14(13,4-5-17-8-13)10-2-3-11(15)12(16)6-10;1-5(2,3)4/h2-3,6,17H,4-5,7-9H2,1H3;(H3,1,2,3,4)/t13-,14-;/m0./s1. The van der Waals surface area contributed by atoms with Gasteiger partial charge in [0, 0.05) is 24.5 Å². The van der Waals surface area contributed by atoms with Crippen LogP contribution in [-0.4, -0.2) is 41.5 Å². The monoisotopic (exact) mass is 383 g/mol. The Bertz CT molecular complexity index is 613. The molecule has 2 aliphatic rings. The number of nitrogens with one attached hydrogen (secondary N) is 1. The lowest BCUT2D eigenvalue weighted by Gasteiger charge is -2.31. The number of halogens is 2. The van der Waals surface area contributed by atoms with Crippen molar-refractivity contribution in [2.75, 3.05) is 26.8 Å².